The Morgan fingerprint density at radius 1 is 1.10 bits per heavy atom. The van der Waals surface area contributed by atoms with Gasteiger partial charge < -0.3 is 5.11 Å². The number of carboxylic acid groups (broad SMARTS) is 1. The maximum Gasteiger partial charge on any atom is 0.323 e. The Hall–Kier alpha value is -0.570. The quantitative estimate of drug-likeness (QED) is 0.770. The van der Waals surface area contributed by atoms with Crippen LogP contribution in [0.2, 0.25) is 0 Å². The predicted octanol–water partition coefficient (Wildman–Crippen LogP) is 3.97. The van der Waals surface area contributed by atoms with Gasteiger partial charge in [0.05, 0.1) is 0 Å². The van der Waals surface area contributed by atoms with Crippen molar-refractivity contribution in [3.05, 3.63) is 0 Å². The molecule has 2 fully saturated rings. The Labute approximate surface area is 123 Å². The lowest BCUT2D eigenvalue weighted by molar-refractivity contribution is -0.150. The van der Waals surface area contributed by atoms with Gasteiger partial charge in [-0.2, -0.15) is 0 Å². The van der Waals surface area contributed by atoms with Crippen molar-refractivity contribution in [2.24, 2.45) is 11.3 Å². The fraction of sp³-hybridized carbons (Fsp3) is 0.941. The van der Waals surface area contributed by atoms with Crippen molar-refractivity contribution in [1.82, 2.24) is 5.32 Å². The van der Waals surface area contributed by atoms with Crippen LogP contribution in [0.25, 0.3) is 0 Å². The third-order valence-corrected chi connectivity index (χ3v) is 5.12. The van der Waals surface area contributed by atoms with Crippen LogP contribution in [0.15, 0.2) is 0 Å². The van der Waals surface area contributed by atoms with Gasteiger partial charge in [-0.15, -0.1) is 0 Å². The molecule has 0 heterocycles. The van der Waals surface area contributed by atoms with E-state index in [2.05, 4.69) is 26.1 Å². The van der Waals surface area contributed by atoms with Crippen LogP contribution in [0.5, 0.6) is 0 Å². The van der Waals surface area contributed by atoms with E-state index in [0.717, 1.165) is 32.1 Å². The number of rotatable bonds is 3. The molecule has 0 aromatic carbocycles. The van der Waals surface area contributed by atoms with E-state index in [4.69, 9.17) is 0 Å². The topological polar surface area (TPSA) is 49.3 Å². The van der Waals surface area contributed by atoms with E-state index in [1.54, 1.807) is 0 Å². The van der Waals surface area contributed by atoms with E-state index >= 15 is 0 Å². The minimum atomic E-state index is -0.698. The van der Waals surface area contributed by atoms with Gasteiger partial charge in [0.25, 0.3) is 0 Å². The Kier molecular flexibility index (Phi) is 4.78. The molecule has 2 atom stereocenters. The van der Waals surface area contributed by atoms with E-state index in [9.17, 15) is 9.90 Å². The van der Waals surface area contributed by atoms with Crippen LogP contribution in [0, 0.1) is 11.3 Å². The molecule has 0 aromatic rings. The zero-order chi connectivity index (χ0) is 14.8. The van der Waals surface area contributed by atoms with Crippen molar-refractivity contribution < 1.29 is 9.90 Å². The SMILES string of the molecule is CC1CC(C)(C)CC(NC2CCCCCC2)(C(=O)O)C1. The molecular formula is C17H31NO2. The molecule has 0 radical (unpaired) electrons. The van der Waals surface area contributed by atoms with E-state index < -0.39 is 11.5 Å². The highest BCUT2D eigenvalue weighted by Crippen LogP contribution is 2.44. The molecule has 3 nitrogen and oxygen atoms in total. The van der Waals surface area contributed by atoms with Gasteiger partial charge in [-0.05, 0) is 43.4 Å². The second-order valence-electron chi connectivity index (χ2n) is 8.07. The first-order valence-electron chi connectivity index (χ1n) is 8.34. The summed E-state index contributed by atoms with van der Waals surface area (Å²) in [5.74, 6) is -0.158. The third-order valence-electron chi connectivity index (χ3n) is 5.12. The molecular weight excluding hydrogens is 250 g/mol. The first-order chi connectivity index (χ1) is 9.33. The summed E-state index contributed by atoms with van der Waals surface area (Å²) in [6, 6.07) is 0.398. The molecule has 0 amide bonds. The largest absolute Gasteiger partial charge is 0.480 e. The average molecular weight is 281 g/mol. The van der Waals surface area contributed by atoms with Crippen molar-refractivity contribution in [2.75, 3.05) is 0 Å². The predicted molar refractivity (Wildman–Crippen MR) is 81.8 cm³/mol. The van der Waals surface area contributed by atoms with Crippen molar-refractivity contribution in [3.63, 3.8) is 0 Å². The van der Waals surface area contributed by atoms with Crippen LogP contribution in [0.3, 0.4) is 0 Å². The maximum atomic E-state index is 12.0. The van der Waals surface area contributed by atoms with Crippen LogP contribution < -0.4 is 5.32 Å². The van der Waals surface area contributed by atoms with Gasteiger partial charge in [0, 0.05) is 6.04 Å². The Morgan fingerprint density at radius 3 is 2.20 bits per heavy atom. The second-order valence-corrected chi connectivity index (χ2v) is 8.07. The number of aliphatic carboxylic acids is 1. The first-order valence-corrected chi connectivity index (χ1v) is 8.34. The molecule has 0 saturated heterocycles. The number of carboxylic acids is 1. The number of hydrogen-bond acceptors (Lipinski definition) is 2. The summed E-state index contributed by atoms with van der Waals surface area (Å²) < 4.78 is 0. The summed E-state index contributed by atoms with van der Waals surface area (Å²) in [5.41, 5.74) is -0.579. The Morgan fingerprint density at radius 2 is 1.70 bits per heavy atom. The first kappa shape index (κ1) is 15.8. The monoisotopic (exact) mass is 281 g/mol. The van der Waals surface area contributed by atoms with Crippen molar-refractivity contribution in [1.29, 1.82) is 0 Å². The molecule has 20 heavy (non-hydrogen) atoms. The molecule has 2 N–H and O–H groups in total. The Balaban J connectivity index is 2.14. The van der Waals surface area contributed by atoms with Gasteiger partial charge >= 0.3 is 5.97 Å². The molecule has 0 spiro atoms. The van der Waals surface area contributed by atoms with Crippen molar-refractivity contribution in [2.45, 2.75) is 90.1 Å². The smallest absolute Gasteiger partial charge is 0.323 e. The fourth-order valence-corrected chi connectivity index (χ4v) is 4.72. The van der Waals surface area contributed by atoms with Gasteiger partial charge in [-0.25, -0.2) is 0 Å². The molecule has 0 aliphatic heterocycles. The minimum Gasteiger partial charge on any atom is -0.480 e. The minimum absolute atomic E-state index is 0.119. The van der Waals surface area contributed by atoms with E-state index in [0.29, 0.717) is 12.0 Å². The molecule has 0 bridgehead atoms. The van der Waals surface area contributed by atoms with Gasteiger partial charge in [0.1, 0.15) is 5.54 Å². The van der Waals surface area contributed by atoms with Crippen molar-refractivity contribution >= 4 is 5.97 Å². The fourth-order valence-electron chi connectivity index (χ4n) is 4.72. The molecule has 2 rings (SSSR count). The second kappa shape index (κ2) is 6.05. The maximum absolute atomic E-state index is 12.0. The lowest BCUT2D eigenvalue weighted by Crippen LogP contribution is -2.60. The van der Waals surface area contributed by atoms with Crippen molar-refractivity contribution in [3.8, 4) is 0 Å². The normalized spacial score (nSPS) is 35.5. The van der Waals surface area contributed by atoms with Crippen LogP contribution in [0.4, 0.5) is 0 Å². The van der Waals surface area contributed by atoms with Crippen LogP contribution in [-0.4, -0.2) is 22.7 Å². The summed E-state index contributed by atoms with van der Waals surface area (Å²) in [4.78, 5) is 12.0. The summed E-state index contributed by atoms with van der Waals surface area (Å²) in [6.07, 6.45) is 10.1. The molecule has 2 aliphatic rings. The van der Waals surface area contributed by atoms with E-state index in [1.165, 1.54) is 25.7 Å². The Bertz CT molecular complexity index is 345. The third kappa shape index (κ3) is 3.75. The average Bonchev–Trinajstić information content (AvgIpc) is 2.54. The van der Waals surface area contributed by atoms with Gasteiger partial charge in [0.15, 0.2) is 0 Å². The van der Waals surface area contributed by atoms with E-state index in [1.807, 2.05) is 0 Å². The highest BCUT2D eigenvalue weighted by molar-refractivity contribution is 5.79. The summed E-state index contributed by atoms with van der Waals surface area (Å²) in [6.45, 7) is 6.64. The standard InChI is InChI=1S/C17H31NO2/c1-13-10-16(2,3)12-17(11-13,15(19)20)18-14-8-6-4-5-7-9-14/h13-14,18H,4-12H2,1-3H3,(H,19,20). The van der Waals surface area contributed by atoms with Crippen LogP contribution in [-0.2, 0) is 4.79 Å². The lowest BCUT2D eigenvalue weighted by atomic mass is 9.64. The molecule has 3 heteroatoms. The molecule has 2 unspecified atom stereocenters. The summed E-state index contributed by atoms with van der Waals surface area (Å²) >= 11 is 0. The highest BCUT2D eigenvalue weighted by atomic mass is 16.4. The summed E-state index contributed by atoms with van der Waals surface area (Å²) in [5, 5.41) is 13.5. The molecule has 2 saturated carbocycles. The highest BCUT2D eigenvalue weighted by Gasteiger charge is 2.48. The van der Waals surface area contributed by atoms with E-state index in [-0.39, 0.29) is 5.41 Å². The number of carbonyl (C=O) groups is 1. The molecule has 116 valence electrons. The number of nitrogens with one attached hydrogen (secondary N) is 1. The lowest BCUT2D eigenvalue weighted by Gasteiger charge is -2.47. The number of hydrogen-bond donors (Lipinski definition) is 2. The van der Waals surface area contributed by atoms with Gasteiger partial charge in [0.2, 0.25) is 0 Å². The van der Waals surface area contributed by atoms with Gasteiger partial charge in [-0.3, -0.25) is 10.1 Å². The van der Waals surface area contributed by atoms with Crippen LogP contribution >= 0.6 is 0 Å². The molecule has 2 aliphatic carbocycles. The zero-order valence-corrected chi connectivity index (χ0v) is 13.4. The summed E-state index contributed by atoms with van der Waals surface area (Å²) in [7, 11) is 0. The zero-order valence-electron chi connectivity index (χ0n) is 13.4. The van der Waals surface area contributed by atoms with Crippen LogP contribution in [0.1, 0.15) is 78.6 Å². The molecule has 0 aromatic heterocycles. The van der Waals surface area contributed by atoms with Gasteiger partial charge in [-0.1, -0.05) is 46.5 Å².